The first kappa shape index (κ1) is 16.0. The van der Waals surface area contributed by atoms with Crippen LogP contribution in [0.2, 0.25) is 0 Å². The molecule has 3 rings (SSSR count). The Labute approximate surface area is 140 Å². The van der Waals surface area contributed by atoms with E-state index in [9.17, 15) is 4.79 Å². The van der Waals surface area contributed by atoms with Gasteiger partial charge in [0.1, 0.15) is 18.1 Å². The van der Waals surface area contributed by atoms with Gasteiger partial charge in [0.15, 0.2) is 0 Å². The third-order valence-corrected chi connectivity index (χ3v) is 3.80. The van der Waals surface area contributed by atoms with Gasteiger partial charge >= 0.3 is 5.97 Å². The Morgan fingerprint density at radius 3 is 2.67 bits per heavy atom. The van der Waals surface area contributed by atoms with Crippen molar-refractivity contribution in [2.45, 2.75) is 26.8 Å². The van der Waals surface area contributed by atoms with Crippen molar-refractivity contribution in [2.75, 3.05) is 18.5 Å². The molecule has 1 aromatic carbocycles. The number of carbonyl (C=O) groups is 1. The second-order valence-electron chi connectivity index (χ2n) is 5.32. The summed E-state index contributed by atoms with van der Waals surface area (Å²) in [5.74, 6) is 1.02. The predicted octanol–water partition coefficient (Wildman–Crippen LogP) is 2.53. The number of nitrogens with one attached hydrogen (secondary N) is 1. The maximum Gasteiger partial charge on any atom is 0.338 e. The molecule has 1 atom stereocenters. The Bertz CT molecular complexity index is 764. The predicted molar refractivity (Wildman–Crippen MR) is 88.7 cm³/mol. The zero-order valence-electron chi connectivity index (χ0n) is 13.9. The number of aromatic nitrogens is 3. The summed E-state index contributed by atoms with van der Waals surface area (Å²) in [6.07, 6.45) is 1.46. The van der Waals surface area contributed by atoms with E-state index in [2.05, 4.69) is 15.4 Å². The zero-order valence-corrected chi connectivity index (χ0v) is 13.9. The summed E-state index contributed by atoms with van der Waals surface area (Å²) in [5, 5.41) is 7.37. The molecular formula is C17H20N4O3. The highest BCUT2D eigenvalue weighted by atomic mass is 16.5. The van der Waals surface area contributed by atoms with E-state index in [4.69, 9.17) is 9.47 Å². The molecule has 126 valence electrons. The minimum atomic E-state index is -0.390. The first-order valence-electron chi connectivity index (χ1n) is 7.92. The van der Waals surface area contributed by atoms with Crippen LogP contribution in [0.4, 0.5) is 5.95 Å². The fourth-order valence-electron chi connectivity index (χ4n) is 2.79. The van der Waals surface area contributed by atoms with Crippen LogP contribution in [-0.4, -0.2) is 33.9 Å². The summed E-state index contributed by atoms with van der Waals surface area (Å²) >= 11 is 0. The first-order chi connectivity index (χ1) is 11.7. The molecule has 0 bridgehead atoms. The van der Waals surface area contributed by atoms with Gasteiger partial charge in [0, 0.05) is 5.70 Å². The Morgan fingerprint density at radius 2 is 2.00 bits per heavy atom. The van der Waals surface area contributed by atoms with Crippen LogP contribution < -0.4 is 10.1 Å². The van der Waals surface area contributed by atoms with Crippen LogP contribution in [0.3, 0.4) is 0 Å². The van der Waals surface area contributed by atoms with E-state index in [0.717, 1.165) is 11.3 Å². The average Bonchev–Trinajstić information content (AvgIpc) is 3.02. The lowest BCUT2D eigenvalue weighted by atomic mass is 9.96. The number of rotatable bonds is 5. The molecule has 0 spiro atoms. The van der Waals surface area contributed by atoms with Gasteiger partial charge in [-0.25, -0.2) is 9.48 Å². The van der Waals surface area contributed by atoms with Crippen LogP contribution >= 0.6 is 0 Å². The zero-order chi connectivity index (χ0) is 17.1. The van der Waals surface area contributed by atoms with Crippen molar-refractivity contribution >= 4 is 11.9 Å². The monoisotopic (exact) mass is 328 g/mol. The molecule has 7 heteroatoms. The Kier molecular flexibility index (Phi) is 4.50. The summed E-state index contributed by atoms with van der Waals surface area (Å²) in [6.45, 7) is 6.49. The lowest BCUT2D eigenvalue weighted by Crippen LogP contribution is -2.29. The van der Waals surface area contributed by atoms with Crippen LogP contribution in [-0.2, 0) is 9.53 Å². The van der Waals surface area contributed by atoms with E-state index < -0.39 is 6.04 Å². The number of benzene rings is 1. The standard InChI is InChI=1S/C17H20N4O3/c1-4-23-13-8-6-12(7-9-13)15-14(16(22)24-5-2)11(3)20-17-18-10-19-21(15)17/h6-10,15H,4-5H2,1-3H3,(H,18,19,20)/t15-/m0/s1. The molecule has 0 fully saturated rings. The Hall–Kier alpha value is -2.83. The second-order valence-corrected chi connectivity index (χ2v) is 5.32. The number of carbonyl (C=O) groups excluding carboxylic acids is 1. The Morgan fingerprint density at radius 1 is 1.25 bits per heavy atom. The maximum absolute atomic E-state index is 12.5. The molecule has 7 nitrogen and oxygen atoms in total. The summed E-state index contributed by atoms with van der Waals surface area (Å²) in [5.41, 5.74) is 2.15. The van der Waals surface area contributed by atoms with Crippen LogP contribution in [0.15, 0.2) is 41.9 Å². The number of anilines is 1. The van der Waals surface area contributed by atoms with Crippen molar-refractivity contribution in [1.29, 1.82) is 0 Å². The number of nitrogens with zero attached hydrogens (tertiary/aromatic N) is 3. The number of fused-ring (bicyclic) bond motifs is 1. The highest BCUT2D eigenvalue weighted by Gasteiger charge is 2.34. The van der Waals surface area contributed by atoms with Gasteiger partial charge in [0.2, 0.25) is 5.95 Å². The van der Waals surface area contributed by atoms with Crippen molar-refractivity contribution in [3.05, 3.63) is 47.4 Å². The van der Waals surface area contributed by atoms with Gasteiger partial charge in [-0.1, -0.05) is 12.1 Å². The van der Waals surface area contributed by atoms with Gasteiger partial charge in [-0.05, 0) is 38.5 Å². The van der Waals surface area contributed by atoms with E-state index in [1.807, 2.05) is 38.1 Å². The minimum Gasteiger partial charge on any atom is -0.494 e. The van der Waals surface area contributed by atoms with Crippen LogP contribution in [0.25, 0.3) is 0 Å². The number of allylic oxidation sites excluding steroid dienone is 1. The molecule has 2 aromatic rings. The van der Waals surface area contributed by atoms with Crippen molar-refractivity contribution in [3.8, 4) is 5.75 Å². The van der Waals surface area contributed by atoms with Gasteiger partial charge in [-0.15, -0.1) is 0 Å². The quantitative estimate of drug-likeness (QED) is 0.850. The normalized spacial score (nSPS) is 16.4. The van der Waals surface area contributed by atoms with Gasteiger partial charge in [0.05, 0.1) is 18.8 Å². The summed E-state index contributed by atoms with van der Waals surface area (Å²) in [7, 11) is 0. The fraction of sp³-hybridized carbons (Fsp3) is 0.353. The third kappa shape index (κ3) is 2.84. The van der Waals surface area contributed by atoms with Gasteiger partial charge in [0.25, 0.3) is 0 Å². The highest BCUT2D eigenvalue weighted by molar-refractivity contribution is 5.92. The number of hydrogen-bond donors (Lipinski definition) is 1. The number of esters is 1. The first-order valence-corrected chi connectivity index (χ1v) is 7.92. The molecule has 24 heavy (non-hydrogen) atoms. The van der Waals surface area contributed by atoms with Crippen molar-refractivity contribution in [2.24, 2.45) is 0 Å². The molecule has 0 radical (unpaired) electrons. The van der Waals surface area contributed by atoms with E-state index in [0.29, 0.717) is 30.4 Å². The maximum atomic E-state index is 12.5. The molecule has 0 aliphatic carbocycles. The minimum absolute atomic E-state index is 0.315. The molecule has 1 aliphatic heterocycles. The lowest BCUT2D eigenvalue weighted by molar-refractivity contribution is -0.139. The molecular weight excluding hydrogens is 308 g/mol. The molecule has 0 amide bonds. The summed E-state index contributed by atoms with van der Waals surface area (Å²) in [4.78, 5) is 16.7. The molecule has 0 saturated heterocycles. The molecule has 0 saturated carbocycles. The number of hydrogen-bond acceptors (Lipinski definition) is 6. The SMILES string of the molecule is CCOC(=O)C1=C(C)Nc2ncnn2[C@H]1c1ccc(OCC)cc1. The molecule has 1 aromatic heterocycles. The Balaban J connectivity index is 2.05. The van der Waals surface area contributed by atoms with E-state index in [1.165, 1.54) is 6.33 Å². The van der Waals surface area contributed by atoms with E-state index >= 15 is 0 Å². The summed E-state index contributed by atoms with van der Waals surface area (Å²) in [6, 6.07) is 7.24. The second kappa shape index (κ2) is 6.74. The average molecular weight is 328 g/mol. The molecule has 2 heterocycles. The fourth-order valence-corrected chi connectivity index (χ4v) is 2.79. The topological polar surface area (TPSA) is 78.3 Å². The van der Waals surface area contributed by atoms with Crippen LogP contribution in [0.1, 0.15) is 32.4 Å². The third-order valence-electron chi connectivity index (χ3n) is 3.80. The highest BCUT2D eigenvalue weighted by Crippen LogP contribution is 2.35. The van der Waals surface area contributed by atoms with Crippen LogP contribution in [0.5, 0.6) is 5.75 Å². The van der Waals surface area contributed by atoms with Crippen LogP contribution in [0, 0.1) is 0 Å². The van der Waals surface area contributed by atoms with Crippen molar-refractivity contribution in [1.82, 2.24) is 14.8 Å². The molecule has 0 unspecified atom stereocenters. The van der Waals surface area contributed by atoms with Crippen molar-refractivity contribution < 1.29 is 14.3 Å². The van der Waals surface area contributed by atoms with Crippen molar-refractivity contribution in [3.63, 3.8) is 0 Å². The van der Waals surface area contributed by atoms with Gasteiger partial charge in [-0.2, -0.15) is 10.1 Å². The summed E-state index contributed by atoms with van der Waals surface area (Å²) < 4.78 is 12.4. The van der Waals surface area contributed by atoms with Gasteiger partial charge in [-0.3, -0.25) is 0 Å². The largest absolute Gasteiger partial charge is 0.494 e. The molecule has 1 N–H and O–H groups in total. The smallest absolute Gasteiger partial charge is 0.338 e. The van der Waals surface area contributed by atoms with E-state index in [1.54, 1.807) is 11.6 Å². The van der Waals surface area contributed by atoms with E-state index in [-0.39, 0.29) is 5.97 Å². The lowest BCUT2D eigenvalue weighted by Gasteiger charge is -2.28. The number of ether oxygens (including phenoxy) is 2. The van der Waals surface area contributed by atoms with Gasteiger partial charge < -0.3 is 14.8 Å². The molecule has 1 aliphatic rings.